The summed E-state index contributed by atoms with van der Waals surface area (Å²) >= 11 is 0. The summed E-state index contributed by atoms with van der Waals surface area (Å²) in [5, 5.41) is 3.44. The topological polar surface area (TPSA) is 34.4 Å². The van der Waals surface area contributed by atoms with E-state index >= 15 is 0 Å². The van der Waals surface area contributed by atoms with E-state index in [0.717, 1.165) is 25.3 Å². The molecule has 0 fully saturated rings. The quantitative estimate of drug-likeness (QED) is 0.752. The van der Waals surface area contributed by atoms with Crippen molar-refractivity contribution in [3.63, 3.8) is 0 Å². The number of ether oxygens (including phenoxy) is 1. The second-order valence-corrected chi connectivity index (χ2v) is 3.81. The van der Waals surface area contributed by atoms with Crippen molar-refractivity contribution in [3.8, 4) is 0 Å². The van der Waals surface area contributed by atoms with Crippen molar-refractivity contribution in [1.29, 1.82) is 0 Å². The molecule has 15 heavy (non-hydrogen) atoms. The first-order valence-corrected chi connectivity index (χ1v) is 5.55. The molecular formula is C12H21NO2. The largest absolute Gasteiger partial charge is 0.468 e. The highest BCUT2D eigenvalue weighted by Crippen LogP contribution is 2.24. The molecule has 0 aliphatic rings. The maximum atomic E-state index is 5.45. The van der Waals surface area contributed by atoms with Crippen molar-refractivity contribution in [3.05, 3.63) is 24.2 Å². The Morgan fingerprint density at radius 2 is 2.33 bits per heavy atom. The molecule has 1 aromatic heterocycles. The van der Waals surface area contributed by atoms with E-state index in [2.05, 4.69) is 19.2 Å². The van der Waals surface area contributed by atoms with Crippen molar-refractivity contribution < 1.29 is 9.15 Å². The predicted molar refractivity (Wildman–Crippen MR) is 60.8 cm³/mol. The summed E-state index contributed by atoms with van der Waals surface area (Å²) in [5.74, 6) is 1.52. The monoisotopic (exact) mass is 211 g/mol. The van der Waals surface area contributed by atoms with E-state index < -0.39 is 0 Å². The molecular weight excluding hydrogens is 190 g/mol. The van der Waals surface area contributed by atoms with Crippen LogP contribution in [0.1, 0.15) is 32.1 Å². The van der Waals surface area contributed by atoms with Gasteiger partial charge in [-0.05, 0) is 31.0 Å². The molecule has 0 amide bonds. The normalized spacial score (nSPS) is 15.1. The molecule has 0 saturated carbocycles. The van der Waals surface area contributed by atoms with Crippen LogP contribution in [0.2, 0.25) is 0 Å². The molecule has 3 heteroatoms. The van der Waals surface area contributed by atoms with Crippen LogP contribution in [-0.2, 0) is 4.74 Å². The van der Waals surface area contributed by atoms with Crippen LogP contribution >= 0.6 is 0 Å². The zero-order chi connectivity index (χ0) is 11.1. The fraction of sp³-hybridized carbons (Fsp3) is 0.667. The van der Waals surface area contributed by atoms with E-state index in [0.29, 0.717) is 12.0 Å². The average molecular weight is 211 g/mol. The third-order valence-corrected chi connectivity index (χ3v) is 2.62. The minimum atomic E-state index is 0.292. The van der Waals surface area contributed by atoms with E-state index in [4.69, 9.17) is 9.15 Å². The summed E-state index contributed by atoms with van der Waals surface area (Å²) in [4.78, 5) is 0. The standard InChI is InChI=1S/C12H21NO2/c1-4-13-12(10(2)7-9-14-3)11-6-5-8-15-11/h5-6,8,10,12-13H,4,7,9H2,1-3H3. The second-order valence-electron chi connectivity index (χ2n) is 3.81. The van der Waals surface area contributed by atoms with Gasteiger partial charge in [-0.25, -0.2) is 0 Å². The van der Waals surface area contributed by atoms with Gasteiger partial charge in [0.2, 0.25) is 0 Å². The second kappa shape index (κ2) is 6.64. The number of methoxy groups -OCH3 is 1. The number of rotatable bonds is 7. The zero-order valence-corrected chi connectivity index (χ0v) is 9.82. The van der Waals surface area contributed by atoms with E-state index in [1.807, 2.05) is 12.1 Å². The molecule has 0 bridgehead atoms. The molecule has 0 aliphatic heterocycles. The summed E-state index contributed by atoms with van der Waals surface area (Å²) < 4.78 is 10.5. The van der Waals surface area contributed by atoms with Gasteiger partial charge in [-0.1, -0.05) is 13.8 Å². The van der Waals surface area contributed by atoms with Crippen molar-refractivity contribution in [1.82, 2.24) is 5.32 Å². The average Bonchev–Trinajstić information content (AvgIpc) is 2.75. The highest BCUT2D eigenvalue weighted by Gasteiger charge is 2.20. The molecule has 0 saturated heterocycles. The number of hydrogen-bond donors (Lipinski definition) is 1. The van der Waals surface area contributed by atoms with Gasteiger partial charge in [0.05, 0.1) is 12.3 Å². The lowest BCUT2D eigenvalue weighted by Gasteiger charge is -2.22. The molecule has 2 unspecified atom stereocenters. The first kappa shape index (κ1) is 12.3. The smallest absolute Gasteiger partial charge is 0.120 e. The van der Waals surface area contributed by atoms with Crippen LogP contribution in [-0.4, -0.2) is 20.3 Å². The van der Waals surface area contributed by atoms with Crippen LogP contribution in [0.4, 0.5) is 0 Å². The predicted octanol–water partition coefficient (Wildman–Crippen LogP) is 2.60. The maximum Gasteiger partial charge on any atom is 0.120 e. The van der Waals surface area contributed by atoms with E-state index in [-0.39, 0.29) is 0 Å². The summed E-state index contributed by atoms with van der Waals surface area (Å²) in [6, 6.07) is 4.25. The number of hydrogen-bond acceptors (Lipinski definition) is 3. The molecule has 0 radical (unpaired) electrons. The molecule has 0 spiro atoms. The van der Waals surface area contributed by atoms with Crippen LogP contribution in [0.15, 0.2) is 22.8 Å². The van der Waals surface area contributed by atoms with Crippen LogP contribution in [0.3, 0.4) is 0 Å². The molecule has 1 aromatic rings. The summed E-state index contributed by atoms with van der Waals surface area (Å²) in [7, 11) is 1.74. The minimum absolute atomic E-state index is 0.292. The Balaban J connectivity index is 2.57. The molecule has 0 aliphatic carbocycles. The van der Waals surface area contributed by atoms with Crippen molar-refractivity contribution in [2.45, 2.75) is 26.3 Å². The first-order valence-electron chi connectivity index (χ1n) is 5.55. The molecule has 3 nitrogen and oxygen atoms in total. The van der Waals surface area contributed by atoms with E-state index in [1.54, 1.807) is 13.4 Å². The van der Waals surface area contributed by atoms with Gasteiger partial charge in [0, 0.05) is 13.7 Å². The Hall–Kier alpha value is -0.800. The van der Waals surface area contributed by atoms with Gasteiger partial charge in [0.25, 0.3) is 0 Å². The van der Waals surface area contributed by atoms with Gasteiger partial charge in [0.1, 0.15) is 5.76 Å². The van der Waals surface area contributed by atoms with Crippen molar-refractivity contribution >= 4 is 0 Å². The van der Waals surface area contributed by atoms with Gasteiger partial charge >= 0.3 is 0 Å². The minimum Gasteiger partial charge on any atom is -0.468 e. The molecule has 1 N–H and O–H groups in total. The summed E-state index contributed by atoms with van der Waals surface area (Å²) in [5.41, 5.74) is 0. The molecule has 2 atom stereocenters. The maximum absolute atomic E-state index is 5.45. The van der Waals surface area contributed by atoms with Gasteiger partial charge in [-0.3, -0.25) is 0 Å². The SMILES string of the molecule is CCNC(c1ccco1)C(C)CCOC. The van der Waals surface area contributed by atoms with E-state index in [9.17, 15) is 0 Å². The Labute approximate surface area is 91.8 Å². The van der Waals surface area contributed by atoms with Gasteiger partial charge in [0.15, 0.2) is 0 Å². The van der Waals surface area contributed by atoms with Gasteiger partial charge in [-0.15, -0.1) is 0 Å². The molecule has 1 rings (SSSR count). The Bertz CT molecular complexity index is 246. The first-order chi connectivity index (χ1) is 7.29. The highest BCUT2D eigenvalue weighted by molar-refractivity contribution is 5.05. The fourth-order valence-electron chi connectivity index (χ4n) is 1.74. The van der Waals surface area contributed by atoms with Crippen molar-refractivity contribution in [2.75, 3.05) is 20.3 Å². The Morgan fingerprint density at radius 3 is 2.87 bits per heavy atom. The Morgan fingerprint density at radius 1 is 1.53 bits per heavy atom. The summed E-state index contributed by atoms with van der Waals surface area (Å²) in [6.45, 7) is 6.07. The molecule has 0 aromatic carbocycles. The number of nitrogens with one attached hydrogen (secondary N) is 1. The third-order valence-electron chi connectivity index (χ3n) is 2.62. The van der Waals surface area contributed by atoms with E-state index in [1.165, 1.54) is 0 Å². The highest BCUT2D eigenvalue weighted by atomic mass is 16.5. The summed E-state index contributed by atoms with van der Waals surface area (Å²) in [6.07, 6.45) is 2.76. The van der Waals surface area contributed by atoms with Crippen LogP contribution in [0.5, 0.6) is 0 Å². The van der Waals surface area contributed by atoms with Crippen molar-refractivity contribution in [2.24, 2.45) is 5.92 Å². The lowest BCUT2D eigenvalue weighted by Crippen LogP contribution is -2.27. The van der Waals surface area contributed by atoms with Crippen LogP contribution < -0.4 is 5.32 Å². The van der Waals surface area contributed by atoms with Gasteiger partial charge < -0.3 is 14.5 Å². The molecule has 86 valence electrons. The zero-order valence-electron chi connectivity index (χ0n) is 9.82. The third kappa shape index (κ3) is 3.68. The lowest BCUT2D eigenvalue weighted by atomic mass is 9.96. The fourth-order valence-corrected chi connectivity index (χ4v) is 1.74. The molecule has 1 heterocycles. The Kier molecular flexibility index (Phi) is 5.43. The number of furan rings is 1. The van der Waals surface area contributed by atoms with Crippen LogP contribution in [0, 0.1) is 5.92 Å². The van der Waals surface area contributed by atoms with Gasteiger partial charge in [-0.2, -0.15) is 0 Å². The van der Waals surface area contributed by atoms with Crippen LogP contribution in [0.25, 0.3) is 0 Å². The lowest BCUT2D eigenvalue weighted by molar-refractivity contribution is 0.167.